The van der Waals surface area contributed by atoms with Crippen LogP contribution in [0.5, 0.6) is 0 Å². The summed E-state index contributed by atoms with van der Waals surface area (Å²) < 4.78 is 0. The van der Waals surface area contributed by atoms with Gasteiger partial charge in [-0.3, -0.25) is 4.79 Å². The van der Waals surface area contributed by atoms with E-state index in [4.69, 9.17) is 10.2 Å². The number of rotatable bonds is 10. The van der Waals surface area contributed by atoms with Crippen molar-refractivity contribution in [2.75, 3.05) is 0 Å². The predicted octanol–water partition coefficient (Wildman–Crippen LogP) is 5.59. The Morgan fingerprint density at radius 1 is 1.08 bits per heavy atom. The first-order valence-corrected chi connectivity index (χ1v) is 9.74. The summed E-state index contributed by atoms with van der Waals surface area (Å²) in [6, 6.07) is 0. The van der Waals surface area contributed by atoms with Crippen LogP contribution in [0.15, 0.2) is 23.8 Å². The average Bonchev–Trinajstić information content (AvgIpc) is 3.39. The van der Waals surface area contributed by atoms with Crippen molar-refractivity contribution in [3.05, 3.63) is 23.8 Å². The Morgan fingerprint density at radius 3 is 2.20 bits per heavy atom. The smallest absolute Gasteiger partial charge is 0.331 e. The second-order valence-corrected chi connectivity index (χ2v) is 7.61. The topological polar surface area (TPSA) is 74.6 Å². The van der Waals surface area contributed by atoms with Gasteiger partial charge in [0.05, 0.1) is 5.41 Å². The van der Waals surface area contributed by atoms with Gasteiger partial charge in [-0.2, -0.15) is 0 Å². The Labute approximate surface area is 152 Å². The second-order valence-electron chi connectivity index (χ2n) is 7.61. The minimum atomic E-state index is -1.08. The minimum absolute atomic E-state index is 0.0359. The van der Waals surface area contributed by atoms with Gasteiger partial charge in [0.2, 0.25) is 0 Å². The molecule has 0 aromatic carbocycles. The number of carboxylic acid groups (broad SMARTS) is 2. The van der Waals surface area contributed by atoms with Gasteiger partial charge in [0, 0.05) is 5.57 Å². The van der Waals surface area contributed by atoms with Gasteiger partial charge < -0.3 is 10.2 Å². The molecule has 1 atom stereocenters. The molecule has 2 aliphatic rings. The predicted molar refractivity (Wildman–Crippen MR) is 101 cm³/mol. The number of carboxylic acids is 2. The molecule has 25 heavy (non-hydrogen) atoms. The van der Waals surface area contributed by atoms with Gasteiger partial charge in [-0.25, -0.2) is 4.79 Å². The first-order valence-electron chi connectivity index (χ1n) is 9.74. The molecule has 0 amide bonds. The number of aliphatic carboxylic acids is 2. The van der Waals surface area contributed by atoms with Crippen LogP contribution < -0.4 is 0 Å². The van der Waals surface area contributed by atoms with Gasteiger partial charge in [-0.05, 0) is 19.3 Å². The maximum absolute atomic E-state index is 10.8. The Bertz CT molecular complexity index is 488. The zero-order valence-corrected chi connectivity index (χ0v) is 15.8. The van der Waals surface area contributed by atoms with Crippen LogP contribution >= 0.6 is 0 Å². The van der Waals surface area contributed by atoms with E-state index < -0.39 is 17.4 Å². The van der Waals surface area contributed by atoms with Crippen molar-refractivity contribution in [1.29, 1.82) is 0 Å². The summed E-state index contributed by atoms with van der Waals surface area (Å²) in [6.45, 7) is 3.79. The number of hydrogen-bond donors (Lipinski definition) is 2. The third kappa shape index (κ3) is 8.89. The molecular weight excluding hydrogens is 316 g/mol. The highest BCUT2D eigenvalue weighted by Crippen LogP contribution is 2.34. The Morgan fingerprint density at radius 2 is 1.68 bits per heavy atom. The van der Waals surface area contributed by atoms with E-state index in [1.54, 1.807) is 0 Å². The monoisotopic (exact) mass is 350 g/mol. The van der Waals surface area contributed by atoms with Crippen molar-refractivity contribution < 1.29 is 19.8 Å². The molecule has 0 spiro atoms. The highest BCUT2D eigenvalue weighted by Gasteiger charge is 2.34. The van der Waals surface area contributed by atoms with Crippen LogP contribution in [-0.2, 0) is 9.59 Å². The summed E-state index contributed by atoms with van der Waals surface area (Å²) in [5.74, 6) is -0.909. The maximum atomic E-state index is 10.8. The first-order chi connectivity index (χ1) is 11.9. The maximum Gasteiger partial charge on any atom is 0.331 e. The van der Waals surface area contributed by atoms with Crippen molar-refractivity contribution in [3.63, 3.8) is 0 Å². The van der Waals surface area contributed by atoms with Crippen molar-refractivity contribution in [3.8, 4) is 0 Å². The van der Waals surface area contributed by atoms with Gasteiger partial charge in [-0.1, -0.05) is 89.4 Å². The molecular formula is C21H34O4. The van der Waals surface area contributed by atoms with Crippen molar-refractivity contribution in [2.45, 2.75) is 84.5 Å². The lowest BCUT2D eigenvalue weighted by Gasteiger charge is -2.23. The summed E-state index contributed by atoms with van der Waals surface area (Å²) in [6.07, 6.45) is 19.3. The van der Waals surface area contributed by atoms with Crippen molar-refractivity contribution in [1.82, 2.24) is 0 Å². The molecule has 142 valence electrons. The molecule has 0 aromatic rings. The Hall–Kier alpha value is -1.58. The van der Waals surface area contributed by atoms with Crippen LogP contribution in [0.25, 0.3) is 0 Å². The SMILES string of the molecule is CC1(C(=O)O)C=CC=C(C(=O)O)C1.CCCCCCCCCC1CC1. The molecule has 2 aliphatic carbocycles. The summed E-state index contributed by atoms with van der Waals surface area (Å²) >= 11 is 0. The highest BCUT2D eigenvalue weighted by atomic mass is 16.4. The van der Waals surface area contributed by atoms with Gasteiger partial charge in [-0.15, -0.1) is 0 Å². The van der Waals surface area contributed by atoms with Crippen molar-refractivity contribution in [2.24, 2.45) is 11.3 Å². The molecule has 0 heterocycles. The molecule has 1 saturated carbocycles. The molecule has 0 aromatic heterocycles. The van der Waals surface area contributed by atoms with Gasteiger partial charge >= 0.3 is 11.9 Å². The van der Waals surface area contributed by atoms with Gasteiger partial charge in [0.25, 0.3) is 0 Å². The van der Waals surface area contributed by atoms with E-state index >= 15 is 0 Å². The van der Waals surface area contributed by atoms with E-state index in [9.17, 15) is 9.59 Å². The summed E-state index contributed by atoms with van der Waals surface area (Å²) in [5.41, 5.74) is -0.949. The van der Waals surface area contributed by atoms with Crippen LogP contribution in [0.1, 0.15) is 84.5 Å². The molecule has 2 N–H and O–H groups in total. The molecule has 0 aliphatic heterocycles. The molecule has 4 heteroatoms. The molecule has 1 unspecified atom stereocenters. The fraction of sp³-hybridized carbons (Fsp3) is 0.714. The molecule has 1 fully saturated rings. The zero-order chi connectivity index (χ0) is 18.7. The van der Waals surface area contributed by atoms with E-state index in [2.05, 4.69) is 6.92 Å². The van der Waals surface area contributed by atoms with Crippen LogP contribution in [0.4, 0.5) is 0 Å². The van der Waals surface area contributed by atoms with Gasteiger partial charge in [0.15, 0.2) is 0 Å². The van der Waals surface area contributed by atoms with Crippen molar-refractivity contribution >= 4 is 11.9 Å². The van der Waals surface area contributed by atoms with Gasteiger partial charge in [0.1, 0.15) is 0 Å². The Kier molecular flexibility index (Phi) is 9.54. The average molecular weight is 350 g/mol. The highest BCUT2D eigenvalue weighted by molar-refractivity contribution is 5.90. The third-order valence-electron chi connectivity index (χ3n) is 5.00. The number of allylic oxidation sites excluding steroid dienone is 2. The van der Waals surface area contributed by atoms with Crippen LogP contribution in [-0.4, -0.2) is 22.2 Å². The molecule has 2 rings (SSSR count). The van der Waals surface area contributed by atoms with E-state index in [1.807, 2.05) is 0 Å². The van der Waals surface area contributed by atoms with E-state index in [-0.39, 0.29) is 12.0 Å². The first kappa shape index (κ1) is 21.5. The Balaban J connectivity index is 0.000000251. The lowest BCUT2D eigenvalue weighted by Crippen LogP contribution is -2.28. The number of unbranched alkanes of at least 4 members (excludes halogenated alkanes) is 6. The van der Waals surface area contributed by atoms with Crippen LogP contribution in [0.2, 0.25) is 0 Å². The van der Waals surface area contributed by atoms with E-state index in [0.717, 1.165) is 5.92 Å². The standard InChI is InChI=1S/C12H24.C9H10O4/c1-2-3-4-5-6-7-8-9-12-10-11-12;1-9(8(12)13)4-2-3-6(5-9)7(10)11/h12H,2-11H2,1H3;2-4H,5H2,1H3,(H,10,11)(H,12,13). The third-order valence-corrected chi connectivity index (χ3v) is 5.00. The largest absolute Gasteiger partial charge is 0.481 e. The number of carbonyl (C=O) groups is 2. The quantitative estimate of drug-likeness (QED) is 0.504. The lowest BCUT2D eigenvalue weighted by atomic mass is 9.80. The lowest BCUT2D eigenvalue weighted by molar-refractivity contribution is -0.145. The fourth-order valence-corrected chi connectivity index (χ4v) is 2.98. The molecule has 0 radical (unpaired) electrons. The summed E-state index contributed by atoms with van der Waals surface area (Å²) in [4.78, 5) is 21.3. The van der Waals surface area contributed by atoms with E-state index in [0.29, 0.717) is 0 Å². The van der Waals surface area contributed by atoms with E-state index in [1.165, 1.54) is 89.4 Å². The molecule has 4 nitrogen and oxygen atoms in total. The normalized spacial score (nSPS) is 21.9. The van der Waals surface area contributed by atoms with Crippen LogP contribution in [0, 0.1) is 11.3 Å². The molecule has 0 saturated heterocycles. The fourth-order valence-electron chi connectivity index (χ4n) is 2.98. The zero-order valence-electron chi connectivity index (χ0n) is 15.8. The number of hydrogen-bond acceptors (Lipinski definition) is 2. The summed E-state index contributed by atoms with van der Waals surface area (Å²) in [5, 5.41) is 17.5. The minimum Gasteiger partial charge on any atom is -0.481 e. The second kappa shape index (κ2) is 11.1. The van der Waals surface area contributed by atoms with Crippen LogP contribution in [0.3, 0.4) is 0 Å². The summed E-state index contributed by atoms with van der Waals surface area (Å²) in [7, 11) is 0. The molecule has 0 bridgehead atoms.